The van der Waals surface area contributed by atoms with Crippen molar-refractivity contribution in [2.75, 3.05) is 0 Å². The van der Waals surface area contributed by atoms with Gasteiger partial charge >= 0.3 is 202 Å². The molecule has 0 saturated heterocycles. The molecular weight excluding hydrogens is 491 g/mol. The van der Waals surface area contributed by atoms with Crippen LogP contribution in [0.3, 0.4) is 0 Å². The van der Waals surface area contributed by atoms with Crippen LogP contribution in [0, 0.1) is 0 Å². The van der Waals surface area contributed by atoms with Gasteiger partial charge < -0.3 is 24.8 Å². The molecule has 0 heterocycles. The molecule has 0 N–H and O–H groups in total. The maximum absolute atomic E-state index is 2.51. The number of allylic oxidation sites excluding steroid dienone is 4. The summed E-state index contributed by atoms with van der Waals surface area (Å²) in [6, 6.07) is 12.3. The SMILES string of the molecule is CC(C)(C)c1ccc2c(c1)Cc1c-2ccc(C(C)(C)C)[c]1[Ti+2]([C]1=CC=CC1)=[C]1CCCC1.[Cl-].[Cl-]. The summed E-state index contributed by atoms with van der Waals surface area (Å²) in [5.41, 5.74) is 9.71. The Bertz CT molecular complexity index is 1180. The normalized spacial score (nSPS) is 16.3. The minimum atomic E-state index is -1.71. The zero-order valence-electron chi connectivity index (χ0n) is 21.6. The predicted octanol–water partition coefficient (Wildman–Crippen LogP) is 1.69. The molecule has 0 aliphatic heterocycles. The first-order valence-corrected chi connectivity index (χ1v) is 14.9. The van der Waals surface area contributed by atoms with Gasteiger partial charge in [-0.2, -0.15) is 0 Å². The van der Waals surface area contributed by atoms with E-state index in [0.717, 1.165) is 6.42 Å². The van der Waals surface area contributed by atoms with E-state index in [9.17, 15) is 0 Å². The van der Waals surface area contributed by atoms with Crippen LogP contribution in [0.1, 0.15) is 95.9 Å². The number of rotatable bonds is 2. The monoisotopic (exact) mass is 528 g/mol. The molecular formula is C31H38Cl2Ti. The molecule has 0 aromatic heterocycles. The average Bonchev–Trinajstić information content (AvgIpc) is 3.47. The first kappa shape index (κ1) is 27.7. The maximum Gasteiger partial charge on any atom is -1.00 e. The van der Waals surface area contributed by atoms with Crippen LogP contribution in [0.4, 0.5) is 0 Å². The van der Waals surface area contributed by atoms with Gasteiger partial charge in [0.05, 0.1) is 0 Å². The minimum Gasteiger partial charge on any atom is -1.00 e. The van der Waals surface area contributed by atoms with Crippen LogP contribution < -0.4 is 28.7 Å². The standard InChI is InChI=1S/C21H25.C5H8.C5H5.2ClH.Ti/c1-20(2,3)16-7-9-18-14(12-16)11-15-13-17(21(4,5)6)8-10-19(15)18;2*1-2-4-5-3-1;;;/h7-10,12H,11H2,1-6H3;1-4H2;1-3H,4H2;2*1H;/q;;;;;+2/p-2. The van der Waals surface area contributed by atoms with Gasteiger partial charge in [0.1, 0.15) is 0 Å². The molecule has 0 nitrogen and oxygen atoms in total. The van der Waals surface area contributed by atoms with Gasteiger partial charge in [-0.1, -0.05) is 0 Å². The fourth-order valence-electron chi connectivity index (χ4n) is 5.90. The fourth-order valence-corrected chi connectivity index (χ4v) is 11.9. The number of benzene rings is 2. The molecule has 0 amide bonds. The van der Waals surface area contributed by atoms with Gasteiger partial charge in [-0.05, 0) is 0 Å². The summed E-state index contributed by atoms with van der Waals surface area (Å²) in [6.07, 6.45) is 15.1. The van der Waals surface area contributed by atoms with Crippen molar-refractivity contribution in [3.8, 4) is 11.1 Å². The van der Waals surface area contributed by atoms with Crippen molar-refractivity contribution in [3.05, 3.63) is 74.7 Å². The molecule has 0 spiro atoms. The summed E-state index contributed by atoms with van der Waals surface area (Å²) in [5, 5.41) is 0. The second-order valence-electron chi connectivity index (χ2n) is 12.1. The first-order valence-electron chi connectivity index (χ1n) is 12.5. The molecule has 2 aromatic carbocycles. The molecule has 0 unspecified atom stereocenters. The van der Waals surface area contributed by atoms with Crippen LogP contribution in [0.5, 0.6) is 0 Å². The molecule has 1 saturated carbocycles. The Morgan fingerprint density at radius 2 is 1.47 bits per heavy atom. The summed E-state index contributed by atoms with van der Waals surface area (Å²) < 4.78 is 5.55. The van der Waals surface area contributed by atoms with E-state index in [1.165, 1.54) is 48.8 Å². The van der Waals surface area contributed by atoms with E-state index < -0.39 is 17.4 Å². The van der Waals surface area contributed by atoms with Gasteiger partial charge in [0.2, 0.25) is 0 Å². The van der Waals surface area contributed by atoms with Crippen LogP contribution in [-0.4, -0.2) is 3.81 Å². The number of hydrogen-bond donors (Lipinski definition) is 0. The van der Waals surface area contributed by atoms with E-state index in [4.69, 9.17) is 0 Å². The molecule has 0 bridgehead atoms. The first-order chi connectivity index (χ1) is 15.1. The quantitative estimate of drug-likeness (QED) is 0.444. The van der Waals surface area contributed by atoms with Crippen molar-refractivity contribution < 1.29 is 42.2 Å². The topological polar surface area (TPSA) is 0 Å². The Balaban J connectivity index is 0.00000162. The Labute approximate surface area is 225 Å². The zero-order chi connectivity index (χ0) is 22.7. The molecule has 0 atom stereocenters. The molecule has 5 rings (SSSR count). The van der Waals surface area contributed by atoms with E-state index in [-0.39, 0.29) is 35.6 Å². The minimum absolute atomic E-state index is 0. The van der Waals surface area contributed by atoms with Crippen LogP contribution in [0.2, 0.25) is 0 Å². The molecule has 34 heavy (non-hydrogen) atoms. The third-order valence-electron chi connectivity index (χ3n) is 7.65. The van der Waals surface area contributed by atoms with Crippen LogP contribution >= 0.6 is 0 Å². The third-order valence-corrected chi connectivity index (χ3v) is 12.8. The van der Waals surface area contributed by atoms with Gasteiger partial charge in [0, 0.05) is 0 Å². The van der Waals surface area contributed by atoms with Gasteiger partial charge in [0.25, 0.3) is 0 Å². The average molecular weight is 529 g/mol. The van der Waals surface area contributed by atoms with Crippen LogP contribution in [0.15, 0.2) is 52.4 Å². The third kappa shape index (κ3) is 4.99. The summed E-state index contributed by atoms with van der Waals surface area (Å²) in [7, 11) is 0. The van der Waals surface area contributed by atoms with E-state index in [2.05, 4.69) is 90.1 Å². The Kier molecular flexibility index (Phi) is 8.31. The van der Waals surface area contributed by atoms with E-state index in [1.807, 2.05) is 7.68 Å². The van der Waals surface area contributed by atoms with E-state index in [1.54, 1.807) is 20.6 Å². The maximum atomic E-state index is 2.51. The molecule has 3 heteroatoms. The van der Waals surface area contributed by atoms with Crippen molar-refractivity contribution in [2.24, 2.45) is 0 Å². The molecule has 0 radical (unpaired) electrons. The number of hydrogen-bond acceptors (Lipinski definition) is 0. The molecule has 180 valence electrons. The van der Waals surface area contributed by atoms with Gasteiger partial charge in [-0.3, -0.25) is 0 Å². The van der Waals surface area contributed by atoms with Crippen molar-refractivity contribution in [3.63, 3.8) is 0 Å². The summed E-state index contributed by atoms with van der Waals surface area (Å²) >= 11 is -1.71. The molecule has 3 aliphatic rings. The summed E-state index contributed by atoms with van der Waals surface area (Å²) in [4.78, 5) is 0. The van der Waals surface area contributed by atoms with Crippen molar-refractivity contribution in [1.82, 2.24) is 0 Å². The largest absolute Gasteiger partial charge is 1.00 e. The van der Waals surface area contributed by atoms with Crippen molar-refractivity contribution in [2.45, 2.75) is 90.9 Å². The summed E-state index contributed by atoms with van der Waals surface area (Å²) in [6.45, 7) is 14.3. The van der Waals surface area contributed by atoms with E-state index in [0.29, 0.717) is 0 Å². The smallest absolute Gasteiger partial charge is 1.00 e. The van der Waals surface area contributed by atoms with Gasteiger partial charge in [0.15, 0.2) is 0 Å². The second kappa shape index (κ2) is 10.2. The summed E-state index contributed by atoms with van der Waals surface area (Å²) in [5.74, 6) is 0. The van der Waals surface area contributed by atoms with Crippen LogP contribution in [-0.2, 0) is 34.7 Å². The van der Waals surface area contributed by atoms with Gasteiger partial charge in [-0.25, -0.2) is 0 Å². The molecule has 3 aliphatic carbocycles. The zero-order valence-corrected chi connectivity index (χ0v) is 24.7. The fraction of sp³-hybridized carbons (Fsp3) is 0.452. The Hall–Kier alpha value is -0.916. The molecule has 2 aromatic rings. The predicted molar refractivity (Wildman–Crippen MR) is 137 cm³/mol. The van der Waals surface area contributed by atoms with Crippen molar-refractivity contribution >= 4 is 7.68 Å². The number of fused-ring (bicyclic) bond motifs is 3. The number of halogens is 2. The van der Waals surface area contributed by atoms with Gasteiger partial charge in [-0.15, -0.1) is 0 Å². The van der Waals surface area contributed by atoms with E-state index >= 15 is 0 Å². The second-order valence-corrected chi connectivity index (χ2v) is 16.1. The Morgan fingerprint density at radius 3 is 2.06 bits per heavy atom. The van der Waals surface area contributed by atoms with Crippen molar-refractivity contribution in [1.29, 1.82) is 0 Å². The Morgan fingerprint density at radius 1 is 0.794 bits per heavy atom. The van der Waals surface area contributed by atoms with Crippen LogP contribution in [0.25, 0.3) is 11.1 Å². The molecule has 1 fully saturated rings.